The van der Waals surface area contributed by atoms with Crippen LogP contribution in [0.4, 0.5) is 0 Å². The number of nitrogens with one attached hydrogen (secondary N) is 1. The van der Waals surface area contributed by atoms with E-state index >= 15 is 0 Å². The van der Waals surface area contributed by atoms with Gasteiger partial charge in [-0.2, -0.15) is 0 Å². The summed E-state index contributed by atoms with van der Waals surface area (Å²) in [5.74, 6) is 1.95. The van der Waals surface area contributed by atoms with Gasteiger partial charge in [0.15, 0.2) is 0 Å². The molecule has 0 heterocycles. The van der Waals surface area contributed by atoms with Crippen LogP contribution in [0, 0.1) is 11.8 Å². The molecular formula is C14H27NO. The van der Waals surface area contributed by atoms with Crippen molar-refractivity contribution in [1.82, 2.24) is 5.32 Å². The van der Waals surface area contributed by atoms with E-state index in [0.29, 0.717) is 0 Å². The lowest BCUT2D eigenvalue weighted by Crippen LogP contribution is -2.40. The molecule has 2 aliphatic carbocycles. The molecule has 0 saturated heterocycles. The van der Waals surface area contributed by atoms with Crippen molar-refractivity contribution >= 4 is 0 Å². The molecule has 94 valence electrons. The zero-order valence-electron chi connectivity index (χ0n) is 10.7. The summed E-state index contributed by atoms with van der Waals surface area (Å²) in [4.78, 5) is 0. The first kappa shape index (κ1) is 12.4. The van der Waals surface area contributed by atoms with Crippen LogP contribution in [-0.2, 0) is 4.74 Å². The first-order valence-electron chi connectivity index (χ1n) is 7.23. The van der Waals surface area contributed by atoms with E-state index in [-0.39, 0.29) is 0 Å². The number of hydrogen-bond donors (Lipinski definition) is 1. The van der Waals surface area contributed by atoms with Crippen molar-refractivity contribution in [1.29, 1.82) is 0 Å². The first-order chi connectivity index (χ1) is 7.92. The van der Waals surface area contributed by atoms with Crippen LogP contribution in [0.3, 0.4) is 0 Å². The number of ether oxygens (including phenoxy) is 1. The average molecular weight is 225 g/mol. The van der Waals surface area contributed by atoms with Crippen molar-refractivity contribution < 1.29 is 4.74 Å². The lowest BCUT2D eigenvalue weighted by atomic mass is 9.82. The highest BCUT2D eigenvalue weighted by molar-refractivity contribution is 4.91. The predicted molar refractivity (Wildman–Crippen MR) is 67.6 cm³/mol. The zero-order chi connectivity index (χ0) is 11.2. The van der Waals surface area contributed by atoms with Crippen LogP contribution in [0.1, 0.15) is 51.9 Å². The second kappa shape index (κ2) is 6.61. The Morgan fingerprint density at radius 3 is 2.38 bits per heavy atom. The van der Waals surface area contributed by atoms with Crippen LogP contribution in [0.2, 0.25) is 0 Å². The monoisotopic (exact) mass is 225 g/mol. The SMILES string of the molecule is CCOCCNC(C1CCCCC1)C1CC1. The second-order valence-corrected chi connectivity index (χ2v) is 5.41. The topological polar surface area (TPSA) is 21.3 Å². The van der Waals surface area contributed by atoms with E-state index in [9.17, 15) is 0 Å². The summed E-state index contributed by atoms with van der Waals surface area (Å²) in [6, 6.07) is 0.806. The lowest BCUT2D eigenvalue weighted by molar-refractivity contribution is 0.139. The summed E-state index contributed by atoms with van der Waals surface area (Å²) in [7, 11) is 0. The van der Waals surface area contributed by atoms with E-state index in [1.165, 1.54) is 44.9 Å². The van der Waals surface area contributed by atoms with E-state index in [1.807, 2.05) is 0 Å². The molecule has 0 bridgehead atoms. The highest BCUT2D eigenvalue weighted by Crippen LogP contribution is 2.40. The van der Waals surface area contributed by atoms with Gasteiger partial charge in [-0.05, 0) is 44.4 Å². The Hall–Kier alpha value is -0.0800. The third-order valence-electron chi connectivity index (χ3n) is 4.12. The number of hydrogen-bond acceptors (Lipinski definition) is 2. The molecule has 2 aliphatic rings. The van der Waals surface area contributed by atoms with Crippen molar-refractivity contribution in [3.05, 3.63) is 0 Å². The van der Waals surface area contributed by atoms with Crippen LogP contribution in [0.15, 0.2) is 0 Å². The molecule has 0 radical (unpaired) electrons. The molecule has 16 heavy (non-hydrogen) atoms. The molecule has 0 aromatic rings. The molecule has 0 spiro atoms. The molecule has 2 rings (SSSR count). The molecule has 2 heteroatoms. The highest BCUT2D eigenvalue weighted by atomic mass is 16.5. The van der Waals surface area contributed by atoms with E-state index in [0.717, 1.165) is 37.6 Å². The van der Waals surface area contributed by atoms with Gasteiger partial charge < -0.3 is 10.1 Å². The molecule has 1 atom stereocenters. The molecule has 0 amide bonds. The molecule has 2 saturated carbocycles. The van der Waals surface area contributed by atoms with Gasteiger partial charge in [0.05, 0.1) is 6.61 Å². The zero-order valence-corrected chi connectivity index (χ0v) is 10.7. The third-order valence-corrected chi connectivity index (χ3v) is 4.12. The van der Waals surface area contributed by atoms with Gasteiger partial charge in [0.1, 0.15) is 0 Å². The van der Waals surface area contributed by atoms with Gasteiger partial charge in [-0.15, -0.1) is 0 Å². The second-order valence-electron chi connectivity index (χ2n) is 5.41. The Kier molecular flexibility index (Phi) is 5.11. The van der Waals surface area contributed by atoms with Gasteiger partial charge in [-0.3, -0.25) is 0 Å². The van der Waals surface area contributed by atoms with Crippen LogP contribution >= 0.6 is 0 Å². The fourth-order valence-corrected chi connectivity index (χ4v) is 3.11. The van der Waals surface area contributed by atoms with Crippen LogP contribution in [-0.4, -0.2) is 25.8 Å². The molecule has 1 N–H and O–H groups in total. The van der Waals surface area contributed by atoms with Gasteiger partial charge in [0, 0.05) is 19.2 Å². The average Bonchev–Trinajstić information content (AvgIpc) is 3.15. The van der Waals surface area contributed by atoms with Crippen LogP contribution in [0.5, 0.6) is 0 Å². The molecule has 0 aromatic heterocycles. The van der Waals surface area contributed by atoms with E-state index in [4.69, 9.17) is 4.74 Å². The summed E-state index contributed by atoms with van der Waals surface area (Å²) in [5.41, 5.74) is 0. The minimum Gasteiger partial charge on any atom is -0.380 e. The summed E-state index contributed by atoms with van der Waals surface area (Å²) in [5, 5.41) is 3.76. The minimum absolute atomic E-state index is 0.806. The van der Waals surface area contributed by atoms with Crippen LogP contribution in [0.25, 0.3) is 0 Å². The first-order valence-corrected chi connectivity index (χ1v) is 7.23. The largest absolute Gasteiger partial charge is 0.380 e. The molecule has 2 fully saturated rings. The van der Waals surface area contributed by atoms with Gasteiger partial charge in [0.25, 0.3) is 0 Å². The summed E-state index contributed by atoms with van der Waals surface area (Å²) in [6.45, 7) is 4.84. The quantitative estimate of drug-likeness (QED) is 0.673. The predicted octanol–water partition coefficient (Wildman–Crippen LogP) is 2.97. The van der Waals surface area contributed by atoms with Crippen molar-refractivity contribution in [2.24, 2.45) is 11.8 Å². The Labute approximate surface area is 100 Å². The molecular weight excluding hydrogens is 198 g/mol. The van der Waals surface area contributed by atoms with Crippen molar-refractivity contribution in [3.63, 3.8) is 0 Å². The Morgan fingerprint density at radius 1 is 1.06 bits per heavy atom. The fraction of sp³-hybridized carbons (Fsp3) is 1.00. The normalized spacial score (nSPS) is 24.6. The molecule has 0 aliphatic heterocycles. The van der Waals surface area contributed by atoms with Gasteiger partial charge in [0.2, 0.25) is 0 Å². The highest BCUT2D eigenvalue weighted by Gasteiger charge is 2.36. The standard InChI is InChI=1S/C14H27NO/c1-2-16-11-10-15-14(13-8-9-13)12-6-4-3-5-7-12/h12-15H,2-11H2,1H3. The molecule has 1 unspecified atom stereocenters. The molecule has 0 aromatic carbocycles. The van der Waals surface area contributed by atoms with Crippen molar-refractivity contribution in [2.45, 2.75) is 57.9 Å². The maximum absolute atomic E-state index is 5.41. The van der Waals surface area contributed by atoms with Crippen molar-refractivity contribution in [2.75, 3.05) is 19.8 Å². The maximum atomic E-state index is 5.41. The van der Waals surface area contributed by atoms with Crippen LogP contribution < -0.4 is 5.32 Å². The van der Waals surface area contributed by atoms with Gasteiger partial charge in [-0.1, -0.05) is 19.3 Å². The summed E-state index contributed by atoms with van der Waals surface area (Å²) >= 11 is 0. The van der Waals surface area contributed by atoms with E-state index in [2.05, 4.69) is 12.2 Å². The van der Waals surface area contributed by atoms with Gasteiger partial charge >= 0.3 is 0 Å². The molecule has 2 nitrogen and oxygen atoms in total. The Morgan fingerprint density at radius 2 is 1.75 bits per heavy atom. The Bertz CT molecular complexity index is 185. The fourth-order valence-electron chi connectivity index (χ4n) is 3.11. The smallest absolute Gasteiger partial charge is 0.0590 e. The summed E-state index contributed by atoms with van der Waals surface area (Å²) in [6.07, 6.45) is 10.2. The van der Waals surface area contributed by atoms with E-state index < -0.39 is 0 Å². The lowest BCUT2D eigenvalue weighted by Gasteiger charge is -2.31. The summed E-state index contributed by atoms with van der Waals surface area (Å²) < 4.78 is 5.41. The van der Waals surface area contributed by atoms with Crippen molar-refractivity contribution in [3.8, 4) is 0 Å². The number of rotatable bonds is 7. The van der Waals surface area contributed by atoms with Gasteiger partial charge in [-0.25, -0.2) is 0 Å². The minimum atomic E-state index is 0.806. The third kappa shape index (κ3) is 3.74. The van der Waals surface area contributed by atoms with E-state index in [1.54, 1.807) is 0 Å². The Balaban J connectivity index is 1.71. The maximum Gasteiger partial charge on any atom is 0.0590 e.